The molecule has 0 bridgehead atoms. The molecule has 25 heavy (non-hydrogen) atoms. The first kappa shape index (κ1) is 18.1. The summed E-state index contributed by atoms with van der Waals surface area (Å²) in [6.07, 6.45) is 0.530. The lowest BCUT2D eigenvalue weighted by Gasteiger charge is -2.33. The van der Waals surface area contributed by atoms with Crippen molar-refractivity contribution < 1.29 is 13.6 Å². The van der Waals surface area contributed by atoms with Crippen LogP contribution in [0.15, 0.2) is 30.3 Å². The topological polar surface area (TPSA) is 41.1 Å². The molecule has 7 heteroatoms. The normalized spacial score (nSPS) is 22.8. The summed E-state index contributed by atoms with van der Waals surface area (Å²) >= 11 is 11.8. The third-order valence-electron chi connectivity index (χ3n) is 4.85. The van der Waals surface area contributed by atoms with Crippen LogP contribution in [0.2, 0.25) is 10.0 Å². The van der Waals surface area contributed by atoms with E-state index >= 15 is 0 Å². The molecule has 1 amide bonds. The average Bonchev–Trinajstić information content (AvgIpc) is 2.96. The molecule has 132 valence electrons. The van der Waals surface area contributed by atoms with Crippen LogP contribution in [-0.4, -0.2) is 19.5 Å². The smallest absolute Gasteiger partial charge is 0.211 e. The van der Waals surface area contributed by atoms with Crippen LogP contribution in [0, 0.1) is 11.6 Å². The molecule has 2 aromatic carbocycles. The highest BCUT2D eigenvalue weighted by atomic mass is 35.5. The van der Waals surface area contributed by atoms with Crippen LogP contribution in [0.1, 0.15) is 24.0 Å². The summed E-state index contributed by atoms with van der Waals surface area (Å²) in [6, 6.07) is 7.34. The van der Waals surface area contributed by atoms with Crippen molar-refractivity contribution in [2.75, 3.05) is 18.4 Å². The summed E-state index contributed by atoms with van der Waals surface area (Å²) in [4.78, 5) is 11.0. The highest BCUT2D eigenvalue weighted by Gasteiger charge is 2.43. The van der Waals surface area contributed by atoms with Crippen molar-refractivity contribution in [1.29, 1.82) is 0 Å². The number of anilines is 1. The Labute approximate surface area is 154 Å². The van der Waals surface area contributed by atoms with Crippen molar-refractivity contribution in [2.45, 2.75) is 18.3 Å². The Morgan fingerprint density at radius 2 is 1.92 bits per heavy atom. The second kappa shape index (κ2) is 6.90. The SMILES string of the molecule is CC1(c2cc(F)c(Cl)cc2NC=O)CNC[C@@H]1c1ccc(F)c(Cl)c1. The van der Waals surface area contributed by atoms with Gasteiger partial charge in [-0.15, -0.1) is 0 Å². The summed E-state index contributed by atoms with van der Waals surface area (Å²) in [6.45, 7) is 3.14. The summed E-state index contributed by atoms with van der Waals surface area (Å²) in [5.41, 5.74) is 1.37. The molecule has 2 aromatic rings. The van der Waals surface area contributed by atoms with Gasteiger partial charge in [-0.2, -0.15) is 0 Å². The van der Waals surface area contributed by atoms with Gasteiger partial charge in [0.1, 0.15) is 11.6 Å². The molecule has 2 N–H and O–H groups in total. The molecule has 0 aliphatic carbocycles. The number of hydrogen-bond donors (Lipinski definition) is 2. The maximum Gasteiger partial charge on any atom is 0.211 e. The molecule has 1 fully saturated rings. The Morgan fingerprint density at radius 3 is 2.60 bits per heavy atom. The summed E-state index contributed by atoms with van der Waals surface area (Å²) in [7, 11) is 0. The molecule has 1 aliphatic heterocycles. The van der Waals surface area contributed by atoms with E-state index in [2.05, 4.69) is 10.6 Å². The lowest BCUT2D eigenvalue weighted by atomic mass is 9.70. The average molecular weight is 385 g/mol. The fourth-order valence-corrected chi connectivity index (χ4v) is 3.88. The van der Waals surface area contributed by atoms with Gasteiger partial charge < -0.3 is 10.6 Å². The van der Waals surface area contributed by atoms with E-state index in [0.717, 1.165) is 5.56 Å². The Kier molecular flexibility index (Phi) is 5.00. The Balaban J connectivity index is 2.12. The number of halogens is 4. The number of benzene rings is 2. The first-order valence-electron chi connectivity index (χ1n) is 7.72. The number of nitrogens with one attached hydrogen (secondary N) is 2. The molecule has 0 aromatic heterocycles. The van der Waals surface area contributed by atoms with Gasteiger partial charge >= 0.3 is 0 Å². The quantitative estimate of drug-likeness (QED) is 0.762. The monoisotopic (exact) mass is 384 g/mol. The molecule has 2 atom stereocenters. The molecule has 3 rings (SSSR count). The van der Waals surface area contributed by atoms with Crippen molar-refractivity contribution in [2.24, 2.45) is 0 Å². The minimum atomic E-state index is -0.558. The van der Waals surface area contributed by atoms with Gasteiger partial charge in [0.25, 0.3) is 0 Å². The van der Waals surface area contributed by atoms with Crippen LogP contribution in [0.5, 0.6) is 0 Å². The summed E-state index contributed by atoms with van der Waals surface area (Å²) in [5.74, 6) is -1.13. The zero-order valence-corrected chi connectivity index (χ0v) is 14.9. The maximum atomic E-state index is 14.1. The van der Waals surface area contributed by atoms with Crippen LogP contribution in [0.4, 0.5) is 14.5 Å². The molecule has 1 heterocycles. The highest BCUT2D eigenvalue weighted by molar-refractivity contribution is 6.31. The van der Waals surface area contributed by atoms with Gasteiger partial charge in [0, 0.05) is 30.1 Å². The molecule has 0 saturated carbocycles. The molecular formula is C18H16Cl2F2N2O. The predicted octanol–water partition coefficient (Wildman–Crippen LogP) is 4.48. The fraction of sp³-hybridized carbons (Fsp3) is 0.278. The van der Waals surface area contributed by atoms with E-state index in [4.69, 9.17) is 23.2 Å². The minimum absolute atomic E-state index is 0.0419. The summed E-state index contributed by atoms with van der Waals surface area (Å²) in [5, 5.41) is 5.86. The third-order valence-corrected chi connectivity index (χ3v) is 5.43. The Hall–Kier alpha value is -1.69. The summed E-state index contributed by atoms with van der Waals surface area (Å²) < 4.78 is 27.6. The molecular weight excluding hydrogens is 369 g/mol. The van der Waals surface area contributed by atoms with Crippen molar-refractivity contribution in [1.82, 2.24) is 5.32 Å². The maximum absolute atomic E-state index is 14.1. The van der Waals surface area contributed by atoms with Gasteiger partial charge in [-0.25, -0.2) is 8.78 Å². The largest absolute Gasteiger partial charge is 0.328 e. The van der Waals surface area contributed by atoms with Gasteiger partial charge in [-0.3, -0.25) is 4.79 Å². The van der Waals surface area contributed by atoms with Gasteiger partial charge in [-0.05, 0) is 35.4 Å². The van der Waals surface area contributed by atoms with E-state index in [0.29, 0.717) is 30.8 Å². The van der Waals surface area contributed by atoms with Crippen molar-refractivity contribution in [3.05, 3.63) is 63.1 Å². The number of amides is 1. The second-order valence-corrected chi connectivity index (χ2v) is 7.16. The van der Waals surface area contributed by atoms with Crippen molar-refractivity contribution in [3.63, 3.8) is 0 Å². The second-order valence-electron chi connectivity index (χ2n) is 6.35. The van der Waals surface area contributed by atoms with Crippen LogP contribution >= 0.6 is 23.2 Å². The molecule has 1 saturated heterocycles. The highest BCUT2D eigenvalue weighted by Crippen LogP contribution is 2.45. The fourth-order valence-electron chi connectivity index (χ4n) is 3.52. The van der Waals surface area contributed by atoms with Gasteiger partial charge in [-0.1, -0.05) is 36.2 Å². The first-order chi connectivity index (χ1) is 11.9. The number of hydrogen-bond acceptors (Lipinski definition) is 2. The van der Waals surface area contributed by atoms with Crippen molar-refractivity contribution in [3.8, 4) is 0 Å². The van der Waals surface area contributed by atoms with Gasteiger partial charge in [0.15, 0.2) is 0 Å². The van der Waals surface area contributed by atoms with E-state index in [-0.39, 0.29) is 16.0 Å². The van der Waals surface area contributed by atoms with Gasteiger partial charge in [0.05, 0.1) is 10.0 Å². The van der Waals surface area contributed by atoms with E-state index in [1.54, 1.807) is 12.1 Å². The van der Waals surface area contributed by atoms with Crippen LogP contribution in [0.25, 0.3) is 0 Å². The molecule has 1 unspecified atom stereocenters. The number of rotatable bonds is 4. The van der Waals surface area contributed by atoms with E-state index < -0.39 is 17.0 Å². The molecule has 0 radical (unpaired) electrons. The molecule has 3 nitrogen and oxygen atoms in total. The third kappa shape index (κ3) is 3.24. The van der Waals surface area contributed by atoms with Crippen LogP contribution in [0.3, 0.4) is 0 Å². The molecule has 0 spiro atoms. The van der Waals surface area contributed by atoms with E-state index in [1.807, 2.05) is 6.92 Å². The zero-order chi connectivity index (χ0) is 18.2. The first-order valence-corrected chi connectivity index (χ1v) is 8.48. The van der Waals surface area contributed by atoms with E-state index in [1.165, 1.54) is 18.2 Å². The van der Waals surface area contributed by atoms with Crippen molar-refractivity contribution >= 4 is 35.3 Å². The Morgan fingerprint density at radius 1 is 1.20 bits per heavy atom. The predicted molar refractivity (Wildman–Crippen MR) is 95.5 cm³/mol. The lowest BCUT2D eigenvalue weighted by molar-refractivity contribution is -0.105. The number of carbonyl (C=O) groups is 1. The number of carbonyl (C=O) groups excluding carboxylic acids is 1. The Bertz CT molecular complexity index is 831. The minimum Gasteiger partial charge on any atom is -0.328 e. The van der Waals surface area contributed by atoms with Crippen LogP contribution in [-0.2, 0) is 10.2 Å². The van der Waals surface area contributed by atoms with E-state index in [9.17, 15) is 13.6 Å². The van der Waals surface area contributed by atoms with Crippen LogP contribution < -0.4 is 10.6 Å². The van der Waals surface area contributed by atoms with Gasteiger partial charge in [0.2, 0.25) is 6.41 Å². The standard InChI is InChI=1S/C18H16Cl2F2N2O/c1-18(11-5-16(22)14(20)6-17(11)24-9-25)8-23-7-12(18)10-2-3-15(21)13(19)4-10/h2-6,9,12,23H,7-8H2,1H3,(H,24,25)/t12-,18?/m1/s1. The lowest BCUT2D eigenvalue weighted by Crippen LogP contribution is -2.31. The molecule has 1 aliphatic rings. The zero-order valence-electron chi connectivity index (χ0n) is 13.4.